The number of rotatable bonds is 7. The van der Waals surface area contributed by atoms with Crippen molar-refractivity contribution >= 4 is 25.7 Å². The lowest BCUT2D eigenvalue weighted by molar-refractivity contribution is -0.385. The zero-order chi connectivity index (χ0) is 19.5. The predicted molar refractivity (Wildman–Crippen MR) is 94.0 cm³/mol. The number of piperidine rings is 1. The van der Waals surface area contributed by atoms with Crippen molar-refractivity contribution in [2.75, 3.05) is 26.5 Å². The Balaban J connectivity index is 2.43. The van der Waals surface area contributed by atoms with Crippen LogP contribution in [-0.4, -0.2) is 58.6 Å². The molecule has 1 heterocycles. The lowest BCUT2D eigenvalue weighted by atomic mass is 10.1. The van der Waals surface area contributed by atoms with E-state index in [2.05, 4.69) is 4.72 Å². The number of nitrogens with zero attached hydrogens (tertiary/aromatic N) is 2. The number of nitro benzene ring substituents is 1. The summed E-state index contributed by atoms with van der Waals surface area (Å²) in [6.45, 7) is 0.138. The van der Waals surface area contributed by atoms with Gasteiger partial charge in [0, 0.05) is 31.3 Å². The maximum Gasteiger partial charge on any atom is 0.271 e. The first kappa shape index (κ1) is 20.6. The van der Waals surface area contributed by atoms with Crippen molar-refractivity contribution in [3.05, 3.63) is 28.3 Å². The number of benzene rings is 1. The highest BCUT2D eigenvalue weighted by atomic mass is 32.2. The molecule has 0 saturated carbocycles. The van der Waals surface area contributed by atoms with Crippen molar-refractivity contribution in [2.45, 2.75) is 30.2 Å². The van der Waals surface area contributed by atoms with E-state index in [0.29, 0.717) is 12.8 Å². The molecule has 0 radical (unpaired) electrons. The van der Waals surface area contributed by atoms with Gasteiger partial charge in [-0.2, -0.15) is 4.31 Å². The van der Waals surface area contributed by atoms with Crippen molar-refractivity contribution < 1.29 is 26.5 Å². The quantitative estimate of drug-likeness (QED) is 0.519. The second-order valence-corrected chi connectivity index (χ2v) is 9.67. The molecule has 1 aliphatic heterocycles. The third-order valence-corrected chi connectivity index (χ3v) is 6.76. The molecule has 1 saturated heterocycles. The second kappa shape index (κ2) is 7.86. The van der Waals surface area contributed by atoms with Gasteiger partial charge in [0.05, 0.1) is 18.3 Å². The van der Waals surface area contributed by atoms with Gasteiger partial charge in [0.25, 0.3) is 5.69 Å². The molecule has 1 aromatic carbocycles. The van der Waals surface area contributed by atoms with Crippen LogP contribution in [0.4, 0.5) is 5.69 Å². The van der Waals surface area contributed by atoms with E-state index in [0.717, 1.165) is 24.8 Å². The van der Waals surface area contributed by atoms with Crippen molar-refractivity contribution in [1.82, 2.24) is 9.03 Å². The summed E-state index contributed by atoms with van der Waals surface area (Å²) < 4.78 is 57.5. The summed E-state index contributed by atoms with van der Waals surface area (Å²) in [5.41, 5.74) is -0.368. The summed E-state index contributed by atoms with van der Waals surface area (Å²) in [6.07, 6.45) is 2.86. The molecule has 10 nitrogen and oxygen atoms in total. The SMILES string of the molecule is COc1ccc([N+](=O)[O-])cc1S(=O)(=O)N1CCCC[C@H]1CNS(C)(=O)=O. The van der Waals surface area contributed by atoms with Crippen LogP contribution in [0.25, 0.3) is 0 Å². The summed E-state index contributed by atoms with van der Waals surface area (Å²) >= 11 is 0. The fraction of sp³-hybridized carbons (Fsp3) is 0.571. The van der Waals surface area contributed by atoms with Gasteiger partial charge in [-0.25, -0.2) is 21.6 Å². The van der Waals surface area contributed by atoms with E-state index in [4.69, 9.17) is 4.74 Å². The Labute approximate surface area is 152 Å². The molecule has 12 heteroatoms. The molecule has 26 heavy (non-hydrogen) atoms. The summed E-state index contributed by atoms with van der Waals surface area (Å²) in [4.78, 5) is 10.0. The fourth-order valence-electron chi connectivity index (χ4n) is 2.85. The standard InChI is InChI=1S/C14H21N3O7S2/c1-24-13-7-6-11(17(18)19)9-14(13)26(22,23)16-8-4-3-5-12(16)10-15-25(2,20)21/h6-7,9,12,15H,3-5,8,10H2,1-2H3/t12-/m0/s1. The van der Waals surface area contributed by atoms with E-state index in [-0.39, 0.29) is 29.4 Å². The second-order valence-electron chi connectivity index (χ2n) is 5.98. The van der Waals surface area contributed by atoms with Gasteiger partial charge in [0.15, 0.2) is 0 Å². The average molecular weight is 407 g/mol. The number of nitro groups is 1. The van der Waals surface area contributed by atoms with Gasteiger partial charge in [-0.05, 0) is 18.9 Å². The number of hydrogen-bond acceptors (Lipinski definition) is 7. The highest BCUT2D eigenvalue weighted by Gasteiger charge is 2.36. The van der Waals surface area contributed by atoms with Crippen LogP contribution < -0.4 is 9.46 Å². The van der Waals surface area contributed by atoms with Gasteiger partial charge in [-0.3, -0.25) is 10.1 Å². The van der Waals surface area contributed by atoms with Gasteiger partial charge in [0.1, 0.15) is 10.6 Å². The minimum Gasteiger partial charge on any atom is -0.495 e. The van der Waals surface area contributed by atoms with E-state index >= 15 is 0 Å². The lowest BCUT2D eigenvalue weighted by Gasteiger charge is -2.34. The molecule has 0 aliphatic carbocycles. The maximum absolute atomic E-state index is 13.1. The van der Waals surface area contributed by atoms with Gasteiger partial charge >= 0.3 is 0 Å². The maximum atomic E-state index is 13.1. The van der Waals surface area contributed by atoms with Crippen LogP contribution in [0, 0.1) is 10.1 Å². The van der Waals surface area contributed by atoms with Crippen LogP contribution in [-0.2, 0) is 20.0 Å². The Bertz CT molecular complexity index is 884. The highest BCUT2D eigenvalue weighted by Crippen LogP contribution is 2.33. The van der Waals surface area contributed by atoms with Crippen molar-refractivity contribution in [1.29, 1.82) is 0 Å². The molecule has 1 aliphatic rings. The van der Waals surface area contributed by atoms with Gasteiger partial charge in [-0.1, -0.05) is 6.42 Å². The number of non-ortho nitro benzene ring substituents is 1. The van der Waals surface area contributed by atoms with Crippen LogP contribution in [0.5, 0.6) is 5.75 Å². The predicted octanol–water partition coefficient (Wildman–Crippen LogP) is 0.696. The Kier molecular flexibility index (Phi) is 6.21. The molecule has 0 aromatic heterocycles. The first-order chi connectivity index (χ1) is 12.1. The summed E-state index contributed by atoms with van der Waals surface area (Å²) in [5, 5.41) is 11.0. The fourth-order valence-corrected chi connectivity index (χ4v) is 5.21. The smallest absolute Gasteiger partial charge is 0.271 e. The summed E-state index contributed by atoms with van der Waals surface area (Å²) in [5.74, 6) is -0.00371. The van der Waals surface area contributed by atoms with Gasteiger partial charge in [-0.15, -0.1) is 0 Å². The van der Waals surface area contributed by atoms with Crippen LogP contribution in [0.2, 0.25) is 0 Å². The number of nitrogens with one attached hydrogen (secondary N) is 1. The molecular weight excluding hydrogens is 386 g/mol. The first-order valence-corrected chi connectivity index (χ1v) is 11.2. The molecule has 1 atom stereocenters. The molecule has 2 rings (SSSR count). The number of sulfonamides is 2. The molecule has 1 aromatic rings. The largest absolute Gasteiger partial charge is 0.495 e. The molecule has 0 bridgehead atoms. The minimum absolute atomic E-state index is 0.00371. The van der Waals surface area contributed by atoms with E-state index in [9.17, 15) is 26.9 Å². The number of methoxy groups -OCH3 is 1. The van der Waals surface area contributed by atoms with Crippen LogP contribution in [0.3, 0.4) is 0 Å². The van der Waals surface area contributed by atoms with E-state index in [1.54, 1.807) is 0 Å². The van der Waals surface area contributed by atoms with Crippen molar-refractivity contribution in [2.24, 2.45) is 0 Å². The zero-order valence-corrected chi connectivity index (χ0v) is 16.0. The van der Waals surface area contributed by atoms with E-state index < -0.39 is 31.0 Å². The summed E-state index contributed by atoms with van der Waals surface area (Å²) in [7, 11) is -6.31. The summed E-state index contributed by atoms with van der Waals surface area (Å²) in [6, 6.07) is 2.78. The molecular formula is C14H21N3O7S2. The van der Waals surface area contributed by atoms with Crippen LogP contribution in [0.1, 0.15) is 19.3 Å². The number of hydrogen-bond donors (Lipinski definition) is 1. The average Bonchev–Trinajstić information content (AvgIpc) is 2.58. The topological polar surface area (TPSA) is 136 Å². The Morgan fingerprint density at radius 1 is 1.31 bits per heavy atom. The number of ether oxygens (including phenoxy) is 1. The highest BCUT2D eigenvalue weighted by molar-refractivity contribution is 7.89. The Morgan fingerprint density at radius 2 is 2.00 bits per heavy atom. The van der Waals surface area contributed by atoms with Gasteiger partial charge in [0.2, 0.25) is 20.0 Å². The van der Waals surface area contributed by atoms with Crippen molar-refractivity contribution in [3.8, 4) is 5.75 Å². The first-order valence-electron chi connectivity index (χ1n) is 7.85. The normalized spacial score (nSPS) is 19.2. The van der Waals surface area contributed by atoms with E-state index in [1.165, 1.54) is 17.5 Å². The third-order valence-electron chi connectivity index (χ3n) is 4.10. The minimum atomic E-state index is -4.11. The molecule has 1 fully saturated rings. The van der Waals surface area contributed by atoms with Crippen LogP contribution in [0.15, 0.2) is 23.1 Å². The molecule has 0 unspecified atom stereocenters. The molecule has 0 spiro atoms. The molecule has 146 valence electrons. The lowest BCUT2D eigenvalue weighted by Crippen LogP contribution is -2.49. The zero-order valence-electron chi connectivity index (χ0n) is 14.4. The Hall–Kier alpha value is -1.76. The Morgan fingerprint density at radius 3 is 2.58 bits per heavy atom. The third kappa shape index (κ3) is 4.69. The van der Waals surface area contributed by atoms with Crippen molar-refractivity contribution in [3.63, 3.8) is 0 Å². The van der Waals surface area contributed by atoms with Gasteiger partial charge < -0.3 is 4.74 Å². The monoisotopic (exact) mass is 407 g/mol. The van der Waals surface area contributed by atoms with E-state index in [1.807, 2.05) is 0 Å². The van der Waals surface area contributed by atoms with Crippen LogP contribution >= 0.6 is 0 Å². The molecule has 1 N–H and O–H groups in total. The molecule has 0 amide bonds.